The molecule has 20 heavy (non-hydrogen) atoms. The maximum Gasteiger partial charge on any atom is 0.227 e. The minimum atomic E-state index is -0.432. The number of carbonyl (C=O) groups is 2. The van der Waals surface area contributed by atoms with Crippen LogP contribution in [0.5, 0.6) is 5.75 Å². The molecule has 1 N–H and O–H groups in total. The third-order valence-corrected chi connectivity index (χ3v) is 3.85. The molecule has 1 saturated heterocycles. The molecule has 0 spiro atoms. The lowest BCUT2D eigenvalue weighted by Crippen LogP contribution is -2.45. The van der Waals surface area contributed by atoms with E-state index < -0.39 is 5.41 Å². The van der Waals surface area contributed by atoms with Crippen molar-refractivity contribution in [2.24, 2.45) is 0 Å². The van der Waals surface area contributed by atoms with Crippen LogP contribution in [0.2, 0.25) is 0 Å². The minimum absolute atomic E-state index is 0.199. The number of hydrogen-bond donors (Lipinski definition) is 1. The highest BCUT2D eigenvalue weighted by Crippen LogP contribution is 2.38. The van der Waals surface area contributed by atoms with Crippen molar-refractivity contribution in [2.75, 3.05) is 6.61 Å². The summed E-state index contributed by atoms with van der Waals surface area (Å²) in [4.78, 5) is 23.3. The third kappa shape index (κ3) is 2.69. The Morgan fingerprint density at radius 3 is 2.30 bits per heavy atom. The molecule has 1 heterocycles. The van der Waals surface area contributed by atoms with Crippen LogP contribution in [0, 0.1) is 13.8 Å². The average Bonchev–Trinajstić information content (AvgIpc) is 2.31. The van der Waals surface area contributed by atoms with Crippen LogP contribution in [0.4, 0.5) is 0 Å². The van der Waals surface area contributed by atoms with E-state index in [2.05, 4.69) is 5.32 Å². The maximum atomic E-state index is 11.7. The van der Waals surface area contributed by atoms with E-state index in [0.29, 0.717) is 19.4 Å². The van der Waals surface area contributed by atoms with E-state index in [0.717, 1.165) is 22.4 Å². The Kier molecular flexibility index (Phi) is 3.84. The number of nitrogens with one attached hydrogen (secondary N) is 1. The van der Waals surface area contributed by atoms with Crippen molar-refractivity contribution in [3.8, 4) is 5.75 Å². The van der Waals surface area contributed by atoms with Gasteiger partial charge in [-0.2, -0.15) is 0 Å². The normalized spacial score (nSPS) is 17.8. The first-order valence-electron chi connectivity index (χ1n) is 6.93. The molecular formula is C16H21NO3. The minimum Gasteiger partial charge on any atom is -0.494 e. The molecule has 4 nitrogen and oxygen atoms in total. The highest BCUT2D eigenvalue weighted by Gasteiger charge is 2.38. The second-order valence-electron chi connectivity index (χ2n) is 5.75. The second-order valence-corrected chi connectivity index (χ2v) is 5.75. The van der Waals surface area contributed by atoms with E-state index in [4.69, 9.17) is 4.74 Å². The lowest BCUT2D eigenvalue weighted by molar-refractivity contribution is -0.135. The molecule has 1 fully saturated rings. The molecule has 0 aliphatic carbocycles. The molecule has 1 aromatic rings. The molecule has 0 unspecified atom stereocenters. The standard InChI is InChI=1S/C16H21NO3/c1-5-20-13-7-10(2)12(6-11(13)3)16(4)8-14(18)17-15(19)9-16/h6-7H,5,8-9H2,1-4H3,(H,17,18,19). The van der Waals surface area contributed by atoms with Crippen LogP contribution in [-0.2, 0) is 15.0 Å². The Morgan fingerprint density at radius 1 is 1.15 bits per heavy atom. The van der Waals surface area contributed by atoms with Gasteiger partial charge in [-0.05, 0) is 43.5 Å². The molecule has 0 bridgehead atoms. The van der Waals surface area contributed by atoms with Gasteiger partial charge in [-0.3, -0.25) is 14.9 Å². The molecule has 2 amide bonds. The maximum absolute atomic E-state index is 11.7. The second kappa shape index (κ2) is 5.27. The quantitative estimate of drug-likeness (QED) is 0.862. The van der Waals surface area contributed by atoms with Gasteiger partial charge < -0.3 is 4.74 Å². The first-order valence-corrected chi connectivity index (χ1v) is 6.93. The number of amides is 2. The summed E-state index contributed by atoms with van der Waals surface area (Å²) in [5, 5.41) is 2.37. The summed E-state index contributed by atoms with van der Waals surface area (Å²) in [6.07, 6.45) is 0.681. The van der Waals surface area contributed by atoms with E-state index in [9.17, 15) is 9.59 Å². The molecule has 108 valence electrons. The molecule has 1 aromatic carbocycles. The van der Waals surface area contributed by atoms with Crippen molar-refractivity contribution in [2.45, 2.75) is 46.0 Å². The number of rotatable bonds is 3. The summed E-state index contributed by atoms with van der Waals surface area (Å²) in [5.74, 6) is 0.466. The molecule has 0 radical (unpaired) electrons. The molecule has 1 aliphatic heterocycles. The number of ether oxygens (including phenoxy) is 1. The highest BCUT2D eigenvalue weighted by atomic mass is 16.5. The van der Waals surface area contributed by atoms with Gasteiger partial charge in [0, 0.05) is 18.3 Å². The Morgan fingerprint density at radius 2 is 1.75 bits per heavy atom. The average molecular weight is 275 g/mol. The Bertz CT molecular complexity index is 547. The van der Waals surface area contributed by atoms with Gasteiger partial charge in [-0.1, -0.05) is 13.0 Å². The highest BCUT2D eigenvalue weighted by molar-refractivity contribution is 5.99. The Balaban J connectivity index is 2.44. The van der Waals surface area contributed by atoms with E-state index in [1.54, 1.807) is 0 Å². The van der Waals surface area contributed by atoms with Crippen LogP contribution >= 0.6 is 0 Å². The summed E-state index contributed by atoms with van der Waals surface area (Å²) in [6, 6.07) is 4.04. The summed E-state index contributed by atoms with van der Waals surface area (Å²) in [6.45, 7) is 8.54. The van der Waals surface area contributed by atoms with Crippen molar-refractivity contribution in [3.05, 3.63) is 28.8 Å². The first-order chi connectivity index (χ1) is 9.35. The number of aryl methyl sites for hydroxylation is 2. The fraction of sp³-hybridized carbons (Fsp3) is 0.500. The molecule has 4 heteroatoms. The zero-order valence-corrected chi connectivity index (χ0v) is 12.5. The third-order valence-electron chi connectivity index (χ3n) is 3.85. The van der Waals surface area contributed by atoms with E-state index >= 15 is 0 Å². The van der Waals surface area contributed by atoms with E-state index in [1.807, 2.05) is 39.8 Å². The summed E-state index contributed by atoms with van der Waals surface area (Å²) >= 11 is 0. The molecule has 0 aromatic heterocycles. The largest absolute Gasteiger partial charge is 0.494 e. The van der Waals surface area contributed by atoms with Crippen LogP contribution in [0.15, 0.2) is 12.1 Å². The number of piperidine rings is 1. The topological polar surface area (TPSA) is 55.4 Å². The molecular weight excluding hydrogens is 254 g/mol. The summed E-state index contributed by atoms with van der Waals surface area (Å²) < 4.78 is 5.59. The number of benzene rings is 1. The smallest absolute Gasteiger partial charge is 0.227 e. The predicted octanol–water partition coefficient (Wildman–Crippen LogP) is 2.40. The van der Waals surface area contributed by atoms with Crippen LogP contribution in [0.1, 0.15) is 43.4 Å². The Labute approximate surface area is 119 Å². The van der Waals surface area contributed by atoms with Gasteiger partial charge in [0.1, 0.15) is 5.75 Å². The van der Waals surface area contributed by atoms with Gasteiger partial charge >= 0.3 is 0 Å². The van der Waals surface area contributed by atoms with E-state index in [-0.39, 0.29) is 11.8 Å². The van der Waals surface area contributed by atoms with Crippen LogP contribution in [0.25, 0.3) is 0 Å². The summed E-state index contributed by atoms with van der Waals surface area (Å²) in [5.41, 5.74) is 2.72. The first kappa shape index (κ1) is 14.6. The van der Waals surface area contributed by atoms with Gasteiger partial charge in [0.25, 0.3) is 0 Å². The molecule has 1 aliphatic rings. The SMILES string of the molecule is CCOc1cc(C)c(C2(C)CC(=O)NC(=O)C2)cc1C. The molecule has 0 saturated carbocycles. The molecule has 0 atom stereocenters. The number of imide groups is 1. The number of hydrogen-bond acceptors (Lipinski definition) is 3. The monoisotopic (exact) mass is 275 g/mol. The van der Waals surface area contributed by atoms with Gasteiger partial charge in [0.05, 0.1) is 6.61 Å². The number of carbonyl (C=O) groups excluding carboxylic acids is 2. The van der Waals surface area contributed by atoms with Crippen LogP contribution < -0.4 is 10.1 Å². The lowest BCUT2D eigenvalue weighted by Gasteiger charge is -2.34. The van der Waals surface area contributed by atoms with Crippen molar-refractivity contribution in [3.63, 3.8) is 0 Å². The molecule has 2 rings (SSSR count). The van der Waals surface area contributed by atoms with Crippen molar-refractivity contribution >= 4 is 11.8 Å². The van der Waals surface area contributed by atoms with Gasteiger partial charge in [0.15, 0.2) is 0 Å². The fourth-order valence-electron chi connectivity index (χ4n) is 2.96. The van der Waals surface area contributed by atoms with Crippen LogP contribution in [0.3, 0.4) is 0 Å². The van der Waals surface area contributed by atoms with Gasteiger partial charge in [-0.15, -0.1) is 0 Å². The van der Waals surface area contributed by atoms with Crippen LogP contribution in [-0.4, -0.2) is 18.4 Å². The fourth-order valence-corrected chi connectivity index (χ4v) is 2.96. The Hall–Kier alpha value is -1.84. The van der Waals surface area contributed by atoms with Gasteiger partial charge in [-0.25, -0.2) is 0 Å². The van der Waals surface area contributed by atoms with Crippen molar-refractivity contribution in [1.29, 1.82) is 0 Å². The van der Waals surface area contributed by atoms with Crippen molar-refractivity contribution < 1.29 is 14.3 Å². The zero-order chi connectivity index (χ0) is 14.9. The summed E-state index contributed by atoms with van der Waals surface area (Å²) in [7, 11) is 0. The zero-order valence-electron chi connectivity index (χ0n) is 12.5. The van der Waals surface area contributed by atoms with E-state index in [1.165, 1.54) is 0 Å². The predicted molar refractivity (Wildman–Crippen MR) is 76.8 cm³/mol. The van der Waals surface area contributed by atoms with Gasteiger partial charge in [0.2, 0.25) is 11.8 Å². The van der Waals surface area contributed by atoms with Crippen molar-refractivity contribution in [1.82, 2.24) is 5.32 Å². The lowest BCUT2D eigenvalue weighted by atomic mass is 9.72.